The quantitative estimate of drug-likeness (QED) is 0.639. The molecule has 0 aliphatic carbocycles. The summed E-state index contributed by atoms with van der Waals surface area (Å²) in [7, 11) is 1.62. The predicted molar refractivity (Wildman–Crippen MR) is 93.2 cm³/mol. The molecular formula is C17H17ClN2OS. The minimum absolute atomic E-state index is 0.430. The first-order chi connectivity index (χ1) is 10.5. The minimum Gasteiger partial charge on any atom is -0.495 e. The lowest BCUT2D eigenvalue weighted by molar-refractivity contribution is 0.415. The van der Waals surface area contributed by atoms with E-state index in [0.29, 0.717) is 16.7 Å². The van der Waals surface area contributed by atoms with Gasteiger partial charge < -0.3 is 4.74 Å². The van der Waals surface area contributed by atoms with Crippen LogP contribution in [0.5, 0.6) is 5.75 Å². The van der Waals surface area contributed by atoms with Gasteiger partial charge in [-0.2, -0.15) is 0 Å². The van der Waals surface area contributed by atoms with Crippen molar-refractivity contribution in [3.8, 4) is 17.1 Å². The smallest absolute Gasteiger partial charge is 0.138 e. The van der Waals surface area contributed by atoms with Crippen molar-refractivity contribution >= 4 is 33.8 Å². The highest BCUT2D eigenvalue weighted by molar-refractivity contribution is 7.10. The first-order valence-electron chi connectivity index (χ1n) is 7.10. The molecule has 0 amide bonds. The molecule has 2 aromatic heterocycles. The molecule has 0 saturated heterocycles. The molecule has 114 valence electrons. The third-order valence-corrected chi connectivity index (χ3v) is 5.01. The van der Waals surface area contributed by atoms with Crippen LogP contribution >= 0.6 is 22.9 Å². The van der Waals surface area contributed by atoms with E-state index in [4.69, 9.17) is 21.3 Å². The lowest BCUT2D eigenvalue weighted by Gasteiger charge is -2.09. The molecule has 3 aromatic rings. The number of halogens is 1. The van der Waals surface area contributed by atoms with Crippen LogP contribution in [-0.2, 0) is 0 Å². The summed E-state index contributed by atoms with van der Waals surface area (Å²) in [5.74, 6) is 1.10. The van der Waals surface area contributed by atoms with Crippen LogP contribution < -0.4 is 4.74 Å². The SMILES string of the molecule is COc1cc2c(C)cc(-c3csc(C(C)C)n3)nc2cc1Cl. The largest absolute Gasteiger partial charge is 0.495 e. The van der Waals surface area contributed by atoms with Crippen molar-refractivity contribution in [2.24, 2.45) is 0 Å². The summed E-state index contributed by atoms with van der Waals surface area (Å²) in [6.45, 7) is 6.36. The van der Waals surface area contributed by atoms with E-state index in [2.05, 4.69) is 37.2 Å². The van der Waals surface area contributed by atoms with E-state index < -0.39 is 0 Å². The van der Waals surface area contributed by atoms with Gasteiger partial charge in [-0.25, -0.2) is 9.97 Å². The Morgan fingerprint density at radius 2 is 1.91 bits per heavy atom. The number of methoxy groups -OCH3 is 1. The van der Waals surface area contributed by atoms with Gasteiger partial charge in [0.2, 0.25) is 0 Å². The summed E-state index contributed by atoms with van der Waals surface area (Å²) in [6, 6.07) is 5.85. The van der Waals surface area contributed by atoms with Gasteiger partial charge in [0.25, 0.3) is 0 Å². The Labute approximate surface area is 138 Å². The molecule has 0 atom stereocenters. The lowest BCUT2D eigenvalue weighted by Crippen LogP contribution is -1.92. The van der Waals surface area contributed by atoms with Crippen molar-refractivity contribution in [1.29, 1.82) is 0 Å². The minimum atomic E-state index is 0.430. The van der Waals surface area contributed by atoms with Crippen LogP contribution in [0.4, 0.5) is 0 Å². The first-order valence-corrected chi connectivity index (χ1v) is 8.36. The fourth-order valence-corrected chi connectivity index (χ4v) is 3.42. The number of aromatic nitrogens is 2. The van der Waals surface area contributed by atoms with Crippen LogP contribution in [0.3, 0.4) is 0 Å². The average molecular weight is 333 g/mol. The molecular weight excluding hydrogens is 316 g/mol. The summed E-state index contributed by atoms with van der Waals surface area (Å²) < 4.78 is 5.28. The Morgan fingerprint density at radius 3 is 2.55 bits per heavy atom. The van der Waals surface area contributed by atoms with Gasteiger partial charge in [-0.15, -0.1) is 11.3 Å². The summed E-state index contributed by atoms with van der Waals surface area (Å²) in [5.41, 5.74) is 3.80. The molecule has 0 aliphatic rings. The molecule has 3 nitrogen and oxygen atoms in total. The number of hydrogen-bond acceptors (Lipinski definition) is 4. The first kappa shape index (κ1) is 15.3. The van der Waals surface area contributed by atoms with Gasteiger partial charge in [-0.3, -0.25) is 0 Å². The Kier molecular flexibility index (Phi) is 4.06. The number of aryl methyl sites for hydroxylation is 1. The molecule has 0 saturated carbocycles. The number of rotatable bonds is 3. The molecule has 0 aliphatic heterocycles. The summed E-state index contributed by atoms with van der Waals surface area (Å²) in [4.78, 5) is 9.40. The number of nitrogens with zero attached hydrogens (tertiary/aromatic N) is 2. The van der Waals surface area contributed by atoms with Gasteiger partial charge in [0.15, 0.2) is 0 Å². The van der Waals surface area contributed by atoms with Crippen LogP contribution in [0.25, 0.3) is 22.3 Å². The number of hydrogen-bond donors (Lipinski definition) is 0. The van der Waals surface area contributed by atoms with Gasteiger partial charge in [0.05, 0.1) is 34.0 Å². The van der Waals surface area contributed by atoms with Gasteiger partial charge >= 0.3 is 0 Å². The Bertz CT molecular complexity index is 842. The molecule has 0 N–H and O–H groups in total. The monoisotopic (exact) mass is 332 g/mol. The van der Waals surface area contributed by atoms with Crippen molar-refractivity contribution in [3.63, 3.8) is 0 Å². The maximum Gasteiger partial charge on any atom is 0.138 e. The lowest BCUT2D eigenvalue weighted by atomic mass is 10.1. The standard InChI is InChI=1S/C17H17ClN2OS/c1-9(2)17-20-15(8-22-17)14-5-10(3)11-6-16(21-4)12(18)7-13(11)19-14/h5-9H,1-4H3. The molecule has 0 spiro atoms. The molecule has 0 unspecified atom stereocenters. The van der Waals surface area contributed by atoms with E-state index in [1.54, 1.807) is 18.4 Å². The number of fused-ring (bicyclic) bond motifs is 1. The fourth-order valence-electron chi connectivity index (χ4n) is 2.35. The third-order valence-electron chi connectivity index (χ3n) is 3.57. The van der Waals surface area contributed by atoms with E-state index in [1.165, 1.54) is 0 Å². The van der Waals surface area contributed by atoms with E-state index in [1.807, 2.05) is 12.1 Å². The Morgan fingerprint density at radius 1 is 1.14 bits per heavy atom. The summed E-state index contributed by atoms with van der Waals surface area (Å²) in [5, 5.41) is 4.81. The molecule has 2 heterocycles. The molecule has 0 fully saturated rings. The number of thiazole rings is 1. The predicted octanol–water partition coefficient (Wildman–Crippen LogP) is 5.45. The second kappa shape index (κ2) is 5.86. The zero-order chi connectivity index (χ0) is 15.9. The van der Waals surface area contributed by atoms with Crippen LogP contribution in [0.15, 0.2) is 23.6 Å². The van der Waals surface area contributed by atoms with E-state index in [-0.39, 0.29) is 0 Å². The van der Waals surface area contributed by atoms with E-state index >= 15 is 0 Å². The Hall–Kier alpha value is -1.65. The number of ether oxygens (including phenoxy) is 1. The molecule has 0 radical (unpaired) electrons. The molecule has 1 aromatic carbocycles. The van der Waals surface area contributed by atoms with Crippen molar-refractivity contribution in [2.45, 2.75) is 26.7 Å². The Balaban J connectivity index is 2.15. The zero-order valence-electron chi connectivity index (χ0n) is 13.0. The van der Waals surface area contributed by atoms with Crippen LogP contribution in [0, 0.1) is 6.92 Å². The molecule has 5 heteroatoms. The highest BCUT2D eigenvalue weighted by Gasteiger charge is 2.12. The van der Waals surface area contributed by atoms with Crippen LogP contribution in [-0.4, -0.2) is 17.1 Å². The van der Waals surface area contributed by atoms with Crippen molar-refractivity contribution in [1.82, 2.24) is 9.97 Å². The highest BCUT2D eigenvalue weighted by Crippen LogP contribution is 2.33. The summed E-state index contributed by atoms with van der Waals surface area (Å²) in [6.07, 6.45) is 0. The maximum atomic E-state index is 6.22. The molecule has 22 heavy (non-hydrogen) atoms. The number of pyridine rings is 1. The van der Waals surface area contributed by atoms with E-state index in [9.17, 15) is 0 Å². The van der Waals surface area contributed by atoms with Gasteiger partial charge in [-0.05, 0) is 30.7 Å². The number of benzene rings is 1. The van der Waals surface area contributed by atoms with Crippen molar-refractivity contribution in [2.75, 3.05) is 7.11 Å². The maximum absolute atomic E-state index is 6.22. The van der Waals surface area contributed by atoms with Crippen LogP contribution in [0.2, 0.25) is 5.02 Å². The molecule has 0 bridgehead atoms. The van der Waals surface area contributed by atoms with Gasteiger partial charge in [0, 0.05) is 16.7 Å². The average Bonchev–Trinajstić information content (AvgIpc) is 2.96. The second-order valence-electron chi connectivity index (χ2n) is 5.55. The highest BCUT2D eigenvalue weighted by atomic mass is 35.5. The van der Waals surface area contributed by atoms with Crippen molar-refractivity contribution in [3.05, 3.63) is 39.2 Å². The van der Waals surface area contributed by atoms with Crippen LogP contribution in [0.1, 0.15) is 30.3 Å². The topological polar surface area (TPSA) is 35.0 Å². The van der Waals surface area contributed by atoms with E-state index in [0.717, 1.165) is 32.9 Å². The van der Waals surface area contributed by atoms with Gasteiger partial charge in [-0.1, -0.05) is 25.4 Å². The van der Waals surface area contributed by atoms with Gasteiger partial charge in [0.1, 0.15) is 5.75 Å². The third kappa shape index (κ3) is 2.69. The molecule has 3 rings (SSSR count). The fraction of sp³-hybridized carbons (Fsp3) is 0.294. The summed E-state index contributed by atoms with van der Waals surface area (Å²) >= 11 is 7.90. The second-order valence-corrected chi connectivity index (χ2v) is 6.85. The van der Waals surface area contributed by atoms with Crippen molar-refractivity contribution < 1.29 is 4.74 Å². The zero-order valence-corrected chi connectivity index (χ0v) is 14.5. The normalized spacial score (nSPS) is 11.4.